The summed E-state index contributed by atoms with van der Waals surface area (Å²) in [6.07, 6.45) is 1.75. The first kappa shape index (κ1) is 17.3. The summed E-state index contributed by atoms with van der Waals surface area (Å²) >= 11 is 0. The number of methoxy groups -OCH3 is 1. The SMILES string of the molecule is COc1cc(/C=N\NC(=O)[C@H](N)Cc2ccc(O)cc2)ccc1O. The highest BCUT2D eigenvalue weighted by Gasteiger charge is 2.13. The summed E-state index contributed by atoms with van der Waals surface area (Å²) < 4.78 is 4.99. The number of aromatic hydroxyl groups is 2. The lowest BCUT2D eigenvalue weighted by Crippen LogP contribution is -2.39. The third-order valence-corrected chi connectivity index (χ3v) is 3.32. The molecule has 0 spiro atoms. The molecule has 1 amide bonds. The lowest BCUT2D eigenvalue weighted by molar-refractivity contribution is -0.122. The fourth-order valence-corrected chi connectivity index (χ4v) is 2.01. The maximum atomic E-state index is 11.9. The number of nitrogens with one attached hydrogen (secondary N) is 1. The summed E-state index contributed by atoms with van der Waals surface area (Å²) in [5.41, 5.74) is 9.68. The fraction of sp³-hybridized carbons (Fsp3) is 0.176. The van der Waals surface area contributed by atoms with E-state index in [2.05, 4.69) is 10.5 Å². The number of hydrazone groups is 1. The number of hydrogen-bond donors (Lipinski definition) is 4. The maximum absolute atomic E-state index is 11.9. The molecule has 126 valence electrons. The van der Waals surface area contributed by atoms with Crippen molar-refractivity contribution in [3.05, 3.63) is 53.6 Å². The molecule has 0 aliphatic heterocycles. The lowest BCUT2D eigenvalue weighted by Gasteiger charge is -2.09. The minimum Gasteiger partial charge on any atom is -0.508 e. The second kappa shape index (κ2) is 7.98. The highest BCUT2D eigenvalue weighted by molar-refractivity contribution is 5.85. The van der Waals surface area contributed by atoms with Gasteiger partial charge in [0.1, 0.15) is 5.75 Å². The van der Waals surface area contributed by atoms with E-state index in [1.807, 2.05) is 0 Å². The molecule has 0 radical (unpaired) electrons. The standard InChI is InChI=1S/C17H19N3O4/c1-24-16-9-12(4-7-15(16)22)10-19-20-17(23)14(18)8-11-2-5-13(21)6-3-11/h2-7,9-10,14,21-22H,8,18H2,1H3,(H,20,23)/b19-10-/t14-/m1/s1. The van der Waals surface area contributed by atoms with Crippen molar-refractivity contribution in [1.82, 2.24) is 5.43 Å². The Bertz CT molecular complexity index is 729. The van der Waals surface area contributed by atoms with Crippen molar-refractivity contribution in [3.63, 3.8) is 0 Å². The van der Waals surface area contributed by atoms with Gasteiger partial charge in [0.15, 0.2) is 11.5 Å². The number of nitrogens with zero attached hydrogens (tertiary/aromatic N) is 1. The summed E-state index contributed by atoms with van der Waals surface area (Å²) in [6, 6.07) is 10.4. The van der Waals surface area contributed by atoms with Crippen molar-refractivity contribution in [3.8, 4) is 17.2 Å². The van der Waals surface area contributed by atoms with Crippen molar-refractivity contribution in [1.29, 1.82) is 0 Å². The Morgan fingerprint density at radius 2 is 2.00 bits per heavy atom. The number of carbonyl (C=O) groups is 1. The highest BCUT2D eigenvalue weighted by Crippen LogP contribution is 2.25. The van der Waals surface area contributed by atoms with Crippen LogP contribution in [-0.4, -0.2) is 35.5 Å². The quantitative estimate of drug-likeness (QED) is 0.468. The van der Waals surface area contributed by atoms with Crippen LogP contribution in [0.4, 0.5) is 0 Å². The van der Waals surface area contributed by atoms with E-state index in [-0.39, 0.29) is 11.5 Å². The second-order valence-corrected chi connectivity index (χ2v) is 5.14. The van der Waals surface area contributed by atoms with E-state index in [0.717, 1.165) is 5.56 Å². The molecule has 0 saturated heterocycles. The molecule has 0 heterocycles. The van der Waals surface area contributed by atoms with Crippen LogP contribution in [0.1, 0.15) is 11.1 Å². The van der Waals surface area contributed by atoms with Crippen LogP contribution in [0.2, 0.25) is 0 Å². The molecular weight excluding hydrogens is 310 g/mol. The topological polar surface area (TPSA) is 117 Å². The van der Waals surface area contributed by atoms with E-state index < -0.39 is 11.9 Å². The molecule has 2 aromatic rings. The number of benzene rings is 2. The Kier molecular flexibility index (Phi) is 5.75. The van der Waals surface area contributed by atoms with Crippen LogP contribution in [0.5, 0.6) is 17.2 Å². The van der Waals surface area contributed by atoms with Crippen LogP contribution in [0.3, 0.4) is 0 Å². The summed E-state index contributed by atoms with van der Waals surface area (Å²) in [5, 5.41) is 22.6. The van der Waals surface area contributed by atoms with Gasteiger partial charge in [0.05, 0.1) is 19.4 Å². The molecule has 5 N–H and O–H groups in total. The molecule has 1 atom stereocenters. The molecule has 24 heavy (non-hydrogen) atoms. The van der Waals surface area contributed by atoms with E-state index in [9.17, 15) is 15.0 Å². The predicted molar refractivity (Wildman–Crippen MR) is 90.2 cm³/mol. The molecule has 0 aliphatic rings. The van der Waals surface area contributed by atoms with Gasteiger partial charge in [0.2, 0.25) is 0 Å². The number of ether oxygens (including phenoxy) is 1. The molecule has 2 rings (SSSR count). The number of nitrogens with two attached hydrogens (primary N) is 1. The average molecular weight is 329 g/mol. The third-order valence-electron chi connectivity index (χ3n) is 3.32. The Hall–Kier alpha value is -3.06. The molecule has 2 aromatic carbocycles. The first-order valence-electron chi connectivity index (χ1n) is 7.23. The average Bonchev–Trinajstić information content (AvgIpc) is 2.58. The Morgan fingerprint density at radius 3 is 2.67 bits per heavy atom. The highest BCUT2D eigenvalue weighted by atomic mass is 16.5. The van der Waals surface area contributed by atoms with Gasteiger partial charge in [0, 0.05) is 0 Å². The summed E-state index contributed by atoms with van der Waals surface area (Å²) in [4.78, 5) is 11.9. The molecule has 7 nitrogen and oxygen atoms in total. The van der Waals surface area contributed by atoms with Gasteiger partial charge < -0.3 is 20.7 Å². The van der Waals surface area contributed by atoms with Gasteiger partial charge in [-0.2, -0.15) is 5.10 Å². The summed E-state index contributed by atoms with van der Waals surface area (Å²) in [6.45, 7) is 0. The van der Waals surface area contributed by atoms with E-state index >= 15 is 0 Å². The van der Waals surface area contributed by atoms with Gasteiger partial charge in [-0.1, -0.05) is 12.1 Å². The molecule has 0 aliphatic carbocycles. The Labute approximate surface area is 139 Å². The summed E-state index contributed by atoms with van der Waals surface area (Å²) in [7, 11) is 1.44. The Balaban J connectivity index is 1.90. The van der Waals surface area contributed by atoms with Gasteiger partial charge in [-0.3, -0.25) is 4.79 Å². The van der Waals surface area contributed by atoms with E-state index in [1.165, 1.54) is 31.5 Å². The number of rotatable bonds is 6. The molecule has 0 aromatic heterocycles. The largest absolute Gasteiger partial charge is 0.508 e. The van der Waals surface area contributed by atoms with Gasteiger partial charge in [-0.15, -0.1) is 0 Å². The maximum Gasteiger partial charge on any atom is 0.257 e. The van der Waals surface area contributed by atoms with Crippen LogP contribution < -0.4 is 15.9 Å². The van der Waals surface area contributed by atoms with Gasteiger partial charge >= 0.3 is 0 Å². The predicted octanol–water partition coefficient (Wildman–Crippen LogP) is 1.13. The first-order valence-corrected chi connectivity index (χ1v) is 7.23. The van der Waals surface area contributed by atoms with Crippen LogP contribution in [-0.2, 0) is 11.2 Å². The van der Waals surface area contributed by atoms with Crippen molar-refractivity contribution < 1.29 is 19.7 Å². The van der Waals surface area contributed by atoms with Crippen molar-refractivity contribution in [2.24, 2.45) is 10.8 Å². The number of amides is 1. The number of carbonyl (C=O) groups excluding carboxylic acids is 1. The zero-order chi connectivity index (χ0) is 17.5. The van der Waals surface area contributed by atoms with Gasteiger partial charge in [0.25, 0.3) is 5.91 Å². The van der Waals surface area contributed by atoms with Gasteiger partial charge in [-0.05, 0) is 47.9 Å². The van der Waals surface area contributed by atoms with Crippen LogP contribution in [0.15, 0.2) is 47.6 Å². The third kappa shape index (κ3) is 4.72. The minimum absolute atomic E-state index is 0.0228. The monoisotopic (exact) mass is 329 g/mol. The Morgan fingerprint density at radius 1 is 1.29 bits per heavy atom. The zero-order valence-electron chi connectivity index (χ0n) is 13.1. The smallest absolute Gasteiger partial charge is 0.257 e. The van der Waals surface area contributed by atoms with Crippen LogP contribution >= 0.6 is 0 Å². The fourth-order valence-electron chi connectivity index (χ4n) is 2.01. The van der Waals surface area contributed by atoms with E-state index in [4.69, 9.17) is 10.5 Å². The molecular formula is C17H19N3O4. The zero-order valence-corrected chi connectivity index (χ0v) is 13.1. The van der Waals surface area contributed by atoms with Crippen LogP contribution in [0.25, 0.3) is 0 Å². The molecule has 0 unspecified atom stereocenters. The van der Waals surface area contributed by atoms with Crippen LogP contribution in [0, 0.1) is 0 Å². The lowest BCUT2D eigenvalue weighted by atomic mass is 10.1. The normalized spacial score (nSPS) is 12.1. The first-order chi connectivity index (χ1) is 11.5. The number of phenolic OH excluding ortho intramolecular Hbond substituents is 2. The molecule has 0 fully saturated rings. The van der Waals surface area contributed by atoms with Crippen molar-refractivity contribution in [2.45, 2.75) is 12.5 Å². The molecule has 0 saturated carbocycles. The second-order valence-electron chi connectivity index (χ2n) is 5.14. The van der Waals surface area contributed by atoms with E-state index in [0.29, 0.717) is 17.7 Å². The molecule has 0 bridgehead atoms. The minimum atomic E-state index is -0.763. The van der Waals surface area contributed by atoms with Gasteiger partial charge in [-0.25, -0.2) is 5.43 Å². The number of phenols is 2. The number of hydrogen-bond acceptors (Lipinski definition) is 6. The van der Waals surface area contributed by atoms with Crippen molar-refractivity contribution >= 4 is 12.1 Å². The van der Waals surface area contributed by atoms with Crippen molar-refractivity contribution in [2.75, 3.05) is 7.11 Å². The molecule has 7 heteroatoms. The van der Waals surface area contributed by atoms with E-state index in [1.54, 1.807) is 24.3 Å². The summed E-state index contributed by atoms with van der Waals surface area (Å²) in [5.74, 6) is 0.0691.